The van der Waals surface area contributed by atoms with Gasteiger partial charge < -0.3 is 10.5 Å². The van der Waals surface area contributed by atoms with Gasteiger partial charge in [-0.1, -0.05) is 54.6 Å². The topological polar surface area (TPSA) is 35.2 Å². The van der Waals surface area contributed by atoms with E-state index in [1.54, 1.807) is 12.1 Å². The van der Waals surface area contributed by atoms with E-state index in [4.69, 9.17) is 10.5 Å². The van der Waals surface area contributed by atoms with Crippen molar-refractivity contribution in [3.8, 4) is 22.6 Å². The van der Waals surface area contributed by atoms with Crippen molar-refractivity contribution in [2.45, 2.75) is 6.18 Å². The minimum Gasteiger partial charge on any atom is -0.455 e. The lowest BCUT2D eigenvalue weighted by Crippen LogP contribution is -2.09. The van der Waals surface area contributed by atoms with E-state index < -0.39 is 17.4 Å². The van der Waals surface area contributed by atoms with Crippen LogP contribution in [0.4, 0.5) is 18.9 Å². The second-order valence-electron chi connectivity index (χ2n) is 5.18. The molecule has 0 heterocycles. The molecule has 2 N–H and O–H groups in total. The van der Waals surface area contributed by atoms with Crippen molar-refractivity contribution in [1.29, 1.82) is 0 Å². The molecule has 0 unspecified atom stereocenters. The van der Waals surface area contributed by atoms with E-state index in [1.165, 1.54) is 12.1 Å². The molecule has 122 valence electrons. The Morgan fingerprint density at radius 2 is 1.33 bits per heavy atom. The zero-order valence-corrected chi connectivity index (χ0v) is 12.5. The minimum atomic E-state index is -4.53. The number of nitrogens with two attached hydrogens (primary N) is 1. The van der Waals surface area contributed by atoms with Crippen molar-refractivity contribution in [3.63, 3.8) is 0 Å². The van der Waals surface area contributed by atoms with E-state index in [1.807, 2.05) is 42.5 Å². The molecule has 0 aliphatic heterocycles. The summed E-state index contributed by atoms with van der Waals surface area (Å²) in [6, 6.07) is 20.2. The first kappa shape index (κ1) is 15.9. The lowest BCUT2D eigenvalue weighted by molar-refractivity contribution is -0.137. The number of halogens is 3. The molecule has 0 fully saturated rings. The maximum absolute atomic E-state index is 13.0. The molecule has 3 aromatic rings. The normalized spacial score (nSPS) is 11.3. The quantitative estimate of drug-likeness (QED) is 0.621. The van der Waals surface area contributed by atoms with Gasteiger partial charge in [-0.2, -0.15) is 13.2 Å². The van der Waals surface area contributed by atoms with Gasteiger partial charge in [-0.25, -0.2) is 0 Å². The summed E-state index contributed by atoms with van der Waals surface area (Å²) in [6.07, 6.45) is -4.53. The number of ether oxygens (including phenoxy) is 1. The highest BCUT2D eigenvalue weighted by Crippen LogP contribution is 2.41. The van der Waals surface area contributed by atoms with E-state index in [9.17, 15) is 13.2 Å². The van der Waals surface area contributed by atoms with Crippen LogP contribution in [0.3, 0.4) is 0 Å². The van der Waals surface area contributed by atoms with Gasteiger partial charge in [0.2, 0.25) is 0 Å². The van der Waals surface area contributed by atoms with Crippen LogP contribution in [0.5, 0.6) is 11.5 Å². The average molecular weight is 329 g/mol. The summed E-state index contributed by atoms with van der Waals surface area (Å²) in [7, 11) is 0. The fourth-order valence-electron chi connectivity index (χ4n) is 2.41. The number of rotatable bonds is 3. The minimum absolute atomic E-state index is 0.0202. The van der Waals surface area contributed by atoms with Crippen molar-refractivity contribution < 1.29 is 17.9 Å². The summed E-state index contributed by atoms with van der Waals surface area (Å²) in [6.45, 7) is 0. The Morgan fingerprint density at radius 3 is 2.04 bits per heavy atom. The number of hydrogen-bond acceptors (Lipinski definition) is 2. The van der Waals surface area contributed by atoms with Crippen LogP contribution in [0.15, 0.2) is 72.8 Å². The molecule has 3 aromatic carbocycles. The molecule has 0 aliphatic rings. The number of anilines is 1. The van der Waals surface area contributed by atoms with Crippen molar-refractivity contribution in [2.24, 2.45) is 0 Å². The Hall–Kier alpha value is -2.95. The van der Waals surface area contributed by atoms with Crippen LogP contribution in [0.2, 0.25) is 0 Å². The third kappa shape index (κ3) is 3.20. The summed E-state index contributed by atoms with van der Waals surface area (Å²) in [4.78, 5) is 0. The Morgan fingerprint density at radius 1 is 0.708 bits per heavy atom. The first-order chi connectivity index (χ1) is 11.5. The van der Waals surface area contributed by atoms with E-state index in [0.717, 1.165) is 17.2 Å². The van der Waals surface area contributed by atoms with Crippen molar-refractivity contribution in [1.82, 2.24) is 0 Å². The van der Waals surface area contributed by atoms with Crippen LogP contribution in [0.1, 0.15) is 5.56 Å². The monoisotopic (exact) mass is 329 g/mol. The molecule has 0 aliphatic carbocycles. The predicted octanol–water partition coefficient (Wildman–Crippen LogP) is 5.75. The standard InChI is InChI=1S/C19H14F3NO/c20-19(21,22)15-10-6-12-17(18(15)23)24-16-11-5-4-9-14(16)13-7-2-1-3-8-13/h1-12H,23H2. The van der Waals surface area contributed by atoms with Gasteiger partial charge in [0.15, 0.2) is 5.75 Å². The predicted molar refractivity (Wildman–Crippen MR) is 87.8 cm³/mol. The third-order valence-corrected chi connectivity index (χ3v) is 3.56. The van der Waals surface area contributed by atoms with Gasteiger partial charge in [0.05, 0.1) is 11.3 Å². The van der Waals surface area contributed by atoms with Crippen LogP contribution < -0.4 is 10.5 Å². The zero-order chi connectivity index (χ0) is 17.2. The van der Waals surface area contributed by atoms with Gasteiger partial charge in [-0.15, -0.1) is 0 Å². The molecular formula is C19H14F3NO. The highest BCUT2D eigenvalue weighted by Gasteiger charge is 2.34. The highest BCUT2D eigenvalue weighted by molar-refractivity contribution is 5.71. The molecule has 0 spiro atoms. The number of para-hydroxylation sites is 2. The fraction of sp³-hybridized carbons (Fsp3) is 0.0526. The maximum Gasteiger partial charge on any atom is 0.418 e. The fourth-order valence-corrected chi connectivity index (χ4v) is 2.41. The summed E-state index contributed by atoms with van der Waals surface area (Å²) in [5.74, 6) is 0.419. The molecule has 0 saturated carbocycles. The van der Waals surface area contributed by atoms with Crippen LogP contribution >= 0.6 is 0 Å². The lowest BCUT2D eigenvalue weighted by atomic mass is 10.0. The molecule has 0 radical (unpaired) electrons. The van der Waals surface area contributed by atoms with Gasteiger partial charge >= 0.3 is 6.18 Å². The Kier molecular flexibility index (Phi) is 4.16. The molecule has 24 heavy (non-hydrogen) atoms. The average Bonchev–Trinajstić information content (AvgIpc) is 2.57. The third-order valence-electron chi connectivity index (χ3n) is 3.56. The van der Waals surface area contributed by atoms with E-state index in [0.29, 0.717) is 5.75 Å². The molecule has 2 nitrogen and oxygen atoms in total. The summed E-state index contributed by atoms with van der Waals surface area (Å²) in [5, 5.41) is 0. The molecule has 0 bridgehead atoms. The first-order valence-corrected chi connectivity index (χ1v) is 7.25. The number of benzene rings is 3. The number of alkyl halides is 3. The molecule has 3 rings (SSSR count). The van der Waals surface area contributed by atoms with E-state index in [2.05, 4.69) is 0 Å². The van der Waals surface area contributed by atoms with E-state index in [-0.39, 0.29) is 5.75 Å². The van der Waals surface area contributed by atoms with Gasteiger partial charge in [0.1, 0.15) is 5.75 Å². The Bertz CT molecular complexity index is 845. The Balaban J connectivity index is 2.02. The first-order valence-electron chi connectivity index (χ1n) is 7.25. The number of nitrogen functional groups attached to an aromatic ring is 1. The zero-order valence-electron chi connectivity index (χ0n) is 12.5. The summed E-state index contributed by atoms with van der Waals surface area (Å²) in [5.41, 5.74) is 6.01. The maximum atomic E-state index is 13.0. The van der Waals surface area contributed by atoms with Gasteiger partial charge in [-0.3, -0.25) is 0 Å². The molecular weight excluding hydrogens is 315 g/mol. The second-order valence-corrected chi connectivity index (χ2v) is 5.18. The number of hydrogen-bond donors (Lipinski definition) is 1. The van der Waals surface area contributed by atoms with Crippen molar-refractivity contribution >= 4 is 5.69 Å². The van der Waals surface area contributed by atoms with Crippen LogP contribution in [-0.4, -0.2) is 0 Å². The largest absolute Gasteiger partial charge is 0.455 e. The molecule has 0 saturated heterocycles. The summed E-state index contributed by atoms with van der Waals surface area (Å²) < 4.78 is 44.6. The van der Waals surface area contributed by atoms with Crippen LogP contribution in [0, 0.1) is 0 Å². The second kappa shape index (κ2) is 6.28. The van der Waals surface area contributed by atoms with Crippen LogP contribution in [-0.2, 0) is 6.18 Å². The lowest BCUT2D eigenvalue weighted by Gasteiger charge is -2.16. The summed E-state index contributed by atoms with van der Waals surface area (Å²) >= 11 is 0. The Labute approximate surface area is 137 Å². The molecule has 0 atom stereocenters. The van der Waals surface area contributed by atoms with Gasteiger partial charge in [-0.05, 0) is 23.8 Å². The van der Waals surface area contributed by atoms with Gasteiger partial charge in [0, 0.05) is 5.56 Å². The van der Waals surface area contributed by atoms with Gasteiger partial charge in [0.25, 0.3) is 0 Å². The molecule has 0 amide bonds. The smallest absolute Gasteiger partial charge is 0.418 e. The molecule has 5 heteroatoms. The molecule has 0 aromatic heterocycles. The van der Waals surface area contributed by atoms with Crippen molar-refractivity contribution in [3.05, 3.63) is 78.4 Å². The SMILES string of the molecule is Nc1c(Oc2ccccc2-c2ccccc2)cccc1C(F)(F)F. The van der Waals surface area contributed by atoms with Crippen LogP contribution in [0.25, 0.3) is 11.1 Å². The highest BCUT2D eigenvalue weighted by atomic mass is 19.4. The van der Waals surface area contributed by atoms with Crippen molar-refractivity contribution in [2.75, 3.05) is 5.73 Å². The van der Waals surface area contributed by atoms with E-state index >= 15 is 0 Å².